The molecule has 0 aliphatic carbocycles. The lowest BCUT2D eigenvalue weighted by Gasteiger charge is -2.38. The van der Waals surface area contributed by atoms with Gasteiger partial charge in [-0.25, -0.2) is 27.2 Å². The van der Waals surface area contributed by atoms with Crippen LogP contribution in [0.15, 0.2) is 83.3 Å². The van der Waals surface area contributed by atoms with Crippen LogP contribution in [0.4, 0.5) is 20.6 Å². The van der Waals surface area contributed by atoms with Crippen molar-refractivity contribution in [3.63, 3.8) is 0 Å². The van der Waals surface area contributed by atoms with Gasteiger partial charge in [0.1, 0.15) is 17.0 Å². The zero-order valence-corrected chi connectivity index (χ0v) is 33.3. The number of halogens is 3. The van der Waals surface area contributed by atoms with E-state index >= 15 is 0 Å². The Hall–Kier alpha value is -4.65. The van der Waals surface area contributed by atoms with Gasteiger partial charge in [-0.3, -0.25) is 0 Å². The molecule has 290 valence electrons. The molecule has 3 fully saturated rings. The molecule has 5 heterocycles. The second kappa shape index (κ2) is 15.8. The van der Waals surface area contributed by atoms with Crippen LogP contribution in [0.5, 0.6) is 0 Å². The number of fused-ring (bicyclic) bond motifs is 2. The number of benzene rings is 3. The molecule has 3 aliphatic rings. The Labute approximate surface area is 331 Å². The summed E-state index contributed by atoms with van der Waals surface area (Å²) < 4.78 is 52.4. The van der Waals surface area contributed by atoms with Gasteiger partial charge in [0.25, 0.3) is 0 Å². The molecule has 2 amide bonds. The Bertz CT molecular complexity index is 2380. The minimum atomic E-state index is -3.77. The quantitative estimate of drug-likeness (QED) is 0.185. The van der Waals surface area contributed by atoms with Crippen molar-refractivity contribution in [1.29, 1.82) is 0 Å². The standard InChI is InChI=1S/C19H16BrFN2O5S.C18H20BrN3O4/c20-18-14-11-17(19(24)25)28-16(14)5-4-15(18)22-6-8-23(9-7-22)29(26,27)13-3-1-2-12(21)10-13;19-16-12-11-15(17(23)24)26-14(12)4-3-13(16)20-7-9-22(10-8-20)18(25)21-5-1-2-6-21/h1-5,10-11H,6-9H2,(H,24,25);3-4,11H,1-2,5-10H2,(H,23,24). The summed E-state index contributed by atoms with van der Waals surface area (Å²) in [6.45, 7) is 5.95. The van der Waals surface area contributed by atoms with E-state index in [2.05, 4.69) is 36.8 Å². The number of hydrogen-bond donors (Lipinski definition) is 2. The molecule has 2 aromatic heterocycles. The molecular weight excluding hydrogens is 869 g/mol. The van der Waals surface area contributed by atoms with Gasteiger partial charge in [0.15, 0.2) is 0 Å². The van der Waals surface area contributed by atoms with Crippen LogP contribution in [0.1, 0.15) is 34.0 Å². The van der Waals surface area contributed by atoms with E-state index in [1.54, 1.807) is 24.3 Å². The third kappa shape index (κ3) is 7.90. The van der Waals surface area contributed by atoms with Crippen LogP contribution in [-0.2, 0) is 10.0 Å². The number of carboxylic acids is 2. The number of rotatable bonds is 6. The van der Waals surface area contributed by atoms with Crippen molar-refractivity contribution in [1.82, 2.24) is 14.1 Å². The molecule has 0 bridgehead atoms. The SMILES string of the molecule is O=C(O)c1cc2c(Br)c(N3CCN(C(=O)N4CCCC4)CC3)ccc2o1.O=C(O)c1cc2c(Br)c(N3CCN(S(=O)(=O)c4cccc(F)c4)CC3)ccc2o1. The fourth-order valence-electron chi connectivity index (χ4n) is 7.02. The van der Waals surface area contributed by atoms with Crippen molar-refractivity contribution in [2.75, 3.05) is 75.2 Å². The highest BCUT2D eigenvalue weighted by molar-refractivity contribution is 9.11. The van der Waals surface area contributed by atoms with Crippen LogP contribution >= 0.6 is 31.9 Å². The zero-order chi connectivity index (χ0) is 39.0. The molecule has 0 unspecified atom stereocenters. The van der Waals surface area contributed by atoms with E-state index < -0.39 is 27.8 Å². The highest BCUT2D eigenvalue weighted by Crippen LogP contribution is 2.38. The third-order valence-corrected chi connectivity index (χ3v) is 13.5. The lowest BCUT2D eigenvalue weighted by atomic mass is 10.2. The van der Waals surface area contributed by atoms with Gasteiger partial charge >= 0.3 is 18.0 Å². The van der Waals surface area contributed by atoms with E-state index in [0.29, 0.717) is 47.2 Å². The average Bonchev–Trinajstić information content (AvgIpc) is 3.97. The fraction of sp³-hybridized carbons (Fsp3) is 0.324. The summed E-state index contributed by atoms with van der Waals surface area (Å²) in [6.07, 6.45) is 2.20. The first kappa shape index (κ1) is 38.6. The van der Waals surface area contributed by atoms with Crippen LogP contribution in [0.2, 0.25) is 0 Å². The van der Waals surface area contributed by atoms with Gasteiger partial charge < -0.3 is 38.6 Å². The predicted molar refractivity (Wildman–Crippen MR) is 209 cm³/mol. The first-order chi connectivity index (χ1) is 26.3. The van der Waals surface area contributed by atoms with Crippen molar-refractivity contribution in [2.45, 2.75) is 17.7 Å². The number of aromatic carboxylic acids is 2. The van der Waals surface area contributed by atoms with Gasteiger partial charge in [0.2, 0.25) is 21.5 Å². The number of carbonyl (C=O) groups excluding carboxylic acids is 1. The summed E-state index contributed by atoms with van der Waals surface area (Å²) >= 11 is 7.11. The summed E-state index contributed by atoms with van der Waals surface area (Å²) in [6, 6.07) is 15.3. The van der Waals surface area contributed by atoms with Crippen LogP contribution in [0.3, 0.4) is 0 Å². The van der Waals surface area contributed by atoms with Gasteiger partial charge in [0, 0.05) is 88.4 Å². The molecule has 8 rings (SSSR count). The molecule has 0 atom stereocenters. The fourth-order valence-corrected chi connectivity index (χ4v) is 9.86. The number of amides is 2. The molecule has 3 aromatic carbocycles. The van der Waals surface area contributed by atoms with E-state index in [0.717, 1.165) is 66.3 Å². The number of urea groups is 1. The number of carbonyl (C=O) groups is 3. The van der Waals surface area contributed by atoms with Gasteiger partial charge in [-0.1, -0.05) is 6.07 Å². The van der Waals surface area contributed by atoms with Crippen molar-refractivity contribution in [3.8, 4) is 0 Å². The summed E-state index contributed by atoms with van der Waals surface area (Å²) in [7, 11) is -3.77. The van der Waals surface area contributed by atoms with Gasteiger partial charge in [-0.05, 0) is 87.2 Å². The number of furan rings is 2. The lowest BCUT2D eigenvalue weighted by molar-refractivity contribution is 0.0655. The number of piperazine rings is 2. The molecule has 5 aromatic rings. The predicted octanol–water partition coefficient (Wildman–Crippen LogP) is 6.77. The summed E-state index contributed by atoms with van der Waals surface area (Å²) in [5.41, 5.74) is 2.80. The first-order valence-corrected chi connectivity index (χ1v) is 20.5. The maximum Gasteiger partial charge on any atom is 0.371 e. The highest BCUT2D eigenvalue weighted by atomic mass is 79.9. The first-order valence-electron chi connectivity index (χ1n) is 17.5. The smallest absolute Gasteiger partial charge is 0.371 e. The third-order valence-electron chi connectivity index (χ3n) is 9.93. The van der Waals surface area contributed by atoms with Crippen LogP contribution < -0.4 is 9.80 Å². The number of carboxylic acid groups (broad SMARTS) is 2. The van der Waals surface area contributed by atoms with E-state index in [-0.39, 0.29) is 35.5 Å². The molecular formula is C37H36Br2FN5O9S. The summed E-state index contributed by atoms with van der Waals surface area (Å²) in [4.78, 5) is 42.8. The molecule has 55 heavy (non-hydrogen) atoms. The van der Waals surface area contributed by atoms with E-state index in [4.69, 9.17) is 19.0 Å². The molecule has 0 spiro atoms. The number of nitrogens with zero attached hydrogens (tertiary/aromatic N) is 5. The van der Waals surface area contributed by atoms with Crippen molar-refractivity contribution in [2.24, 2.45) is 0 Å². The molecule has 18 heteroatoms. The topological polar surface area (TPSA) is 168 Å². The largest absolute Gasteiger partial charge is 0.475 e. The Kier molecular flexibility index (Phi) is 11.1. The Balaban J connectivity index is 0.000000170. The molecule has 0 radical (unpaired) electrons. The van der Waals surface area contributed by atoms with E-state index in [1.165, 1.54) is 28.6 Å². The van der Waals surface area contributed by atoms with Crippen molar-refractivity contribution < 1.29 is 46.2 Å². The molecule has 2 N–H and O–H groups in total. The van der Waals surface area contributed by atoms with Gasteiger partial charge in [0.05, 0.1) is 25.2 Å². The lowest BCUT2D eigenvalue weighted by Crippen LogP contribution is -2.52. The number of likely N-dealkylation sites (tertiary alicyclic amines) is 1. The van der Waals surface area contributed by atoms with Gasteiger partial charge in [-0.2, -0.15) is 4.31 Å². The zero-order valence-electron chi connectivity index (χ0n) is 29.3. The maximum atomic E-state index is 13.4. The molecule has 14 nitrogen and oxygen atoms in total. The Morgan fingerprint density at radius 2 is 1.11 bits per heavy atom. The Morgan fingerprint density at radius 3 is 1.58 bits per heavy atom. The summed E-state index contributed by atoms with van der Waals surface area (Å²) in [5, 5.41) is 19.6. The number of anilines is 2. The van der Waals surface area contributed by atoms with Crippen molar-refractivity contribution >= 4 is 93.2 Å². The van der Waals surface area contributed by atoms with Crippen LogP contribution in [0.25, 0.3) is 21.9 Å². The van der Waals surface area contributed by atoms with Crippen LogP contribution in [-0.4, -0.2) is 116 Å². The number of sulfonamides is 1. The maximum absolute atomic E-state index is 13.4. The molecule has 3 saturated heterocycles. The monoisotopic (exact) mass is 903 g/mol. The minimum absolute atomic E-state index is 0.0619. The van der Waals surface area contributed by atoms with Gasteiger partial charge in [-0.15, -0.1) is 0 Å². The van der Waals surface area contributed by atoms with Crippen LogP contribution in [0, 0.1) is 5.82 Å². The summed E-state index contributed by atoms with van der Waals surface area (Å²) in [5.74, 6) is -3.04. The Morgan fingerprint density at radius 1 is 0.636 bits per heavy atom. The molecule has 0 saturated carbocycles. The number of hydrogen-bond acceptors (Lipinski definition) is 9. The highest BCUT2D eigenvalue weighted by Gasteiger charge is 2.31. The second-order valence-electron chi connectivity index (χ2n) is 13.3. The second-order valence-corrected chi connectivity index (χ2v) is 16.8. The normalized spacial score (nSPS) is 16.8. The average molecular weight is 906 g/mol. The minimum Gasteiger partial charge on any atom is -0.475 e. The van der Waals surface area contributed by atoms with E-state index in [9.17, 15) is 27.2 Å². The van der Waals surface area contributed by atoms with Crippen molar-refractivity contribution in [3.05, 3.63) is 86.9 Å². The van der Waals surface area contributed by atoms with E-state index in [1.807, 2.05) is 20.8 Å². The molecule has 3 aliphatic heterocycles.